The summed E-state index contributed by atoms with van der Waals surface area (Å²) in [4.78, 5) is 6.16. The van der Waals surface area contributed by atoms with Crippen LogP contribution in [0.2, 0.25) is 0 Å². The van der Waals surface area contributed by atoms with E-state index in [-0.39, 0.29) is 0 Å². The number of rotatable bonds is 4. The van der Waals surface area contributed by atoms with E-state index >= 15 is 0 Å². The van der Waals surface area contributed by atoms with Crippen LogP contribution in [0.5, 0.6) is 0 Å². The zero-order chi connectivity index (χ0) is 11.5. The number of methoxy groups -OCH3 is 1. The molecule has 0 aliphatic heterocycles. The second-order valence-electron chi connectivity index (χ2n) is 4.70. The summed E-state index contributed by atoms with van der Waals surface area (Å²) in [6.45, 7) is 6.20. The van der Waals surface area contributed by atoms with Gasteiger partial charge in [-0.25, -0.2) is 4.98 Å². The summed E-state index contributed by atoms with van der Waals surface area (Å²) in [6.07, 6.45) is 2.44. The maximum absolute atomic E-state index is 5.02. The van der Waals surface area contributed by atoms with Crippen molar-refractivity contribution in [3.05, 3.63) is 10.6 Å². The molecule has 0 spiro atoms. The fourth-order valence-corrected chi connectivity index (χ4v) is 3.44. The van der Waals surface area contributed by atoms with Gasteiger partial charge < -0.3 is 10.1 Å². The third-order valence-electron chi connectivity index (χ3n) is 3.06. The maximum Gasteiger partial charge on any atom is 0.183 e. The predicted octanol–water partition coefficient (Wildman–Crippen LogP) is 2.89. The Morgan fingerprint density at radius 3 is 3.06 bits per heavy atom. The summed E-state index contributed by atoms with van der Waals surface area (Å²) >= 11 is 1.82. The van der Waals surface area contributed by atoms with Crippen LogP contribution in [0.4, 0.5) is 5.13 Å². The van der Waals surface area contributed by atoms with Crippen molar-refractivity contribution in [1.29, 1.82) is 0 Å². The number of thiazole rings is 1. The normalized spacial score (nSPS) is 24.2. The first kappa shape index (κ1) is 11.9. The molecule has 1 aliphatic rings. The van der Waals surface area contributed by atoms with E-state index < -0.39 is 0 Å². The van der Waals surface area contributed by atoms with E-state index in [1.54, 1.807) is 7.11 Å². The van der Waals surface area contributed by atoms with Gasteiger partial charge in [-0.3, -0.25) is 0 Å². The third-order valence-corrected chi connectivity index (χ3v) is 4.34. The molecule has 3 nitrogen and oxygen atoms in total. The van der Waals surface area contributed by atoms with E-state index in [0.717, 1.165) is 30.6 Å². The Balaban J connectivity index is 2.05. The molecule has 2 unspecified atom stereocenters. The van der Waals surface area contributed by atoms with Gasteiger partial charge in [-0.15, -0.1) is 11.3 Å². The van der Waals surface area contributed by atoms with Gasteiger partial charge in [0.05, 0.1) is 12.3 Å². The van der Waals surface area contributed by atoms with Crippen LogP contribution in [-0.4, -0.2) is 25.2 Å². The van der Waals surface area contributed by atoms with Gasteiger partial charge >= 0.3 is 0 Å². The minimum atomic E-state index is 0.675. The highest BCUT2D eigenvalue weighted by atomic mass is 32.1. The number of nitrogens with zero attached hydrogens (tertiary/aromatic N) is 1. The van der Waals surface area contributed by atoms with Crippen LogP contribution in [0.1, 0.15) is 36.8 Å². The summed E-state index contributed by atoms with van der Waals surface area (Å²) in [5.41, 5.74) is 1.32. The highest BCUT2D eigenvalue weighted by molar-refractivity contribution is 7.15. The Morgan fingerprint density at radius 1 is 1.50 bits per heavy atom. The molecule has 1 N–H and O–H groups in total. The van der Waals surface area contributed by atoms with E-state index in [9.17, 15) is 0 Å². The molecule has 1 aliphatic carbocycles. The van der Waals surface area contributed by atoms with Gasteiger partial charge in [0, 0.05) is 18.5 Å². The number of hydrogen-bond donors (Lipinski definition) is 1. The van der Waals surface area contributed by atoms with Crippen molar-refractivity contribution in [2.24, 2.45) is 5.92 Å². The number of anilines is 1. The third kappa shape index (κ3) is 2.55. The summed E-state index contributed by atoms with van der Waals surface area (Å²) in [5.74, 6) is 1.45. The first-order chi connectivity index (χ1) is 7.70. The van der Waals surface area contributed by atoms with Crippen molar-refractivity contribution in [2.45, 2.75) is 32.6 Å². The Labute approximate surface area is 101 Å². The van der Waals surface area contributed by atoms with Crippen molar-refractivity contribution in [2.75, 3.05) is 25.6 Å². The molecule has 0 saturated carbocycles. The molecule has 16 heavy (non-hydrogen) atoms. The quantitative estimate of drug-likeness (QED) is 0.822. The van der Waals surface area contributed by atoms with Gasteiger partial charge in [-0.05, 0) is 24.7 Å². The van der Waals surface area contributed by atoms with Crippen LogP contribution >= 0.6 is 11.3 Å². The lowest BCUT2D eigenvalue weighted by atomic mass is 9.86. The predicted molar refractivity (Wildman–Crippen MR) is 68.4 cm³/mol. The topological polar surface area (TPSA) is 34.1 Å². The van der Waals surface area contributed by atoms with Crippen molar-refractivity contribution in [1.82, 2.24) is 4.98 Å². The molecule has 4 heteroatoms. The standard InChI is InChI=1S/C12H20N2OS/c1-8-6-9(2)11-10(7-8)14-12(16-11)13-4-5-15-3/h8-9H,4-7H2,1-3H3,(H,13,14). The van der Waals surface area contributed by atoms with Gasteiger partial charge in [0.1, 0.15) is 0 Å². The number of nitrogens with one attached hydrogen (secondary N) is 1. The van der Waals surface area contributed by atoms with Crippen molar-refractivity contribution < 1.29 is 4.74 Å². The van der Waals surface area contributed by atoms with Crippen molar-refractivity contribution in [3.8, 4) is 0 Å². The van der Waals surface area contributed by atoms with E-state index in [0.29, 0.717) is 5.92 Å². The molecular weight excluding hydrogens is 220 g/mol. The fraction of sp³-hybridized carbons (Fsp3) is 0.750. The molecule has 90 valence electrons. The van der Waals surface area contributed by atoms with E-state index in [1.165, 1.54) is 17.0 Å². The maximum atomic E-state index is 5.02. The zero-order valence-electron chi connectivity index (χ0n) is 10.2. The summed E-state index contributed by atoms with van der Waals surface area (Å²) in [6, 6.07) is 0. The van der Waals surface area contributed by atoms with Crippen LogP contribution in [-0.2, 0) is 11.2 Å². The SMILES string of the molecule is COCCNc1nc2c(s1)C(C)CC(C)C2. The lowest BCUT2D eigenvalue weighted by Gasteiger charge is -2.22. The van der Waals surface area contributed by atoms with Gasteiger partial charge in [-0.2, -0.15) is 0 Å². The van der Waals surface area contributed by atoms with Gasteiger partial charge in [0.25, 0.3) is 0 Å². The monoisotopic (exact) mass is 240 g/mol. The average Bonchev–Trinajstić information content (AvgIpc) is 2.61. The Bertz CT molecular complexity index is 351. The molecule has 0 radical (unpaired) electrons. The molecular formula is C12H20N2OS. The molecule has 2 atom stereocenters. The smallest absolute Gasteiger partial charge is 0.183 e. The first-order valence-corrected chi connectivity index (χ1v) is 6.74. The highest BCUT2D eigenvalue weighted by Crippen LogP contribution is 2.39. The van der Waals surface area contributed by atoms with Gasteiger partial charge in [0.2, 0.25) is 0 Å². The molecule has 0 fully saturated rings. The number of ether oxygens (including phenoxy) is 1. The molecule has 0 amide bonds. The van der Waals surface area contributed by atoms with Crippen LogP contribution in [0.25, 0.3) is 0 Å². The lowest BCUT2D eigenvalue weighted by molar-refractivity contribution is 0.211. The Morgan fingerprint density at radius 2 is 2.31 bits per heavy atom. The van der Waals surface area contributed by atoms with E-state index in [2.05, 4.69) is 24.1 Å². The second kappa shape index (κ2) is 5.15. The Hall–Kier alpha value is -0.610. The largest absolute Gasteiger partial charge is 0.383 e. The average molecular weight is 240 g/mol. The number of aromatic nitrogens is 1. The van der Waals surface area contributed by atoms with Gasteiger partial charge in [0.15, 0.2) is 5.13 Å². The summed E-state index contributed by atoms with van der Waals surface area (Å²) in [5, 5.41) is 4.38. The molecule has 0 bridgehead atoms. The van der Waals surface area contributed by atoms with E-state index in [1.807, 2.05) is 11.3 Å². The van der Waals surface area contributed by atoms with Crippen LogP contribution < -0.4 is 5.32 Å². The summed E-state index contributed by atoms with van der Waals surface area (Å²) in [7, 11) is 1.72. The lowest BCUT2D eigenvalue weighted by Crippen LogP contribution is -2.13. The zero-order valence-corrected chi connectivity index (χ0v) is 11.1. The molecule has 1 heterocycles. The Kier molecular flexibility index (Phi) is 3.82. The highest BCUT2D eigenvalue weighted by Gasteiger charge is 2.25. The van der Waals surface area contributed by atoms with Crippen LogP contribution in [0.3, 0.4) is 0 Å². The second-order valence-corrected chi connectivity index (χ2v) is 5.73. The minimum Gasteiger partial charge on any atom is -0.383 e. The minimum absolute atomic E-state index is 0.675. The van der Waals surface area contributed by atoms with Crippen LogP contribution in [0.15, 0.2) is 0 Å². The first-order valence-electron chi connectivity index (χ1n) is 5.93. The molecule has 0 saturated heterocycles. The fourth-order valence-electron chi connectivity index (χ4n) is 2.35. The molecule has 1 aromatic rings. The summed E-state index contributed by atoms with van der Waals surface area (Å²) < 4.78 is 5.02. The van der Waals surface area contributed by atoms with Gasteiger partial charge in [-0.1, -0.05) is 13.8 Å². The van der Waals surface area contributed by atoms with E-state index in [4.69, 9.17) is 4.74 Å². The molecule has 0 aromatic carbocycles. The number of hydrogen-bond acceptors (Lipinski definition) is 4. The molecule has 2 rings (SSSR count). The van der Waals surface area contributed by atoms with Crippen LogP contribution in [0, 0.1) is 5.92 Å². The van der Waals surface area contributed by atoms with Crippen molar-refractivity contribution >= 4 is 16.5 Å². The molecule has 1 aromatic heterocycles. The number of fused-ring (bicyclic) bond motifs is 1. The van der Waals surface area contributed by atoms with Crippen molar-refractivity contribution in [3.63, 3.8) is 0 Å².